The van der Waals surface area contributed by atoms with Gasteiger partial charge in [0.15, 0.2) is 0 Å². The van der Waals surface area contributed by atoms with E-state index in [0.29, 0.717) is 15.6 Å². The van der Waals surface area contributed by atoms with Crippen molar-refractivity contribution in [2.45, 2.75) is 15.9 Å². The molecule has 2 rings (SSSR count). The molecular formula is C16H16ClNO4S. The van der Waals surface area contributed by atoms with Crippen LogP contribution in [0, 0.1) is 0 Å². The largest absolute Gasteiger partial charge is 0.478 e. The zero-order valence-electron chi connectivity index (χ0n) is 12.1. The Bertz CT molecular complexity index is 678. The highest BCUT2D eigenvalue weighted by Gasteiger charge is 2.13. The first kappa shape index (κ1) is 17.6. The molecule has 2 aromatic rings. The summed E-state index contributed by atoms with van der Waals surface area (Å²) in [5, 5.41) is 31.0. The van der Waals surface area contributed by atoms with Gasteiger partial charge in [0.05, 0.1) is 18.3 Å². The van der Waals surface area contributed by atoms with E-state index in [4.69, 9.17) is 16.7 Å². The van der Waals surface area contributed by atoms with Crippen LogP contribution in [-0.4, -0.2) is 40.5 Å². The third kappa shape index (κ3) is 5.14. The molecule has 0 aliphatic heterocycles. The first-order valence-corrected chi connectivity index (χ1v) is 8.02. The predicted molar refractivity (Wildman–Crippen MR) is 90.6 cm³/mol. The lowest BCUT2D eigenvalue weighted by Gasteiger charge is -2.12. The molecule has 0 saturated carbocycles. The smallest absolute Gasteiger partial charge is 0.336 e. The molecule has 23 heavy (non-hydrogen) atoms. The van der Waals surface area contributed by atoms with Gasteiger partial charge in [0.2, 0.25) is 0 Å². The molecular weight excluding hydrogens is 338 g/mol. The molecule has 122 valence electrons. The monoisotopic (exact) mass is 353 g/mol. The summed E-state index contributed by atoms with van der Waals surface area (Å²) in [4.78, 5) is 12.9. The molecule has 0 bridgehead atoms. The highest BCUT2D eigenvalue weighted by Crippen LogP contribution is 2.32. The maximum atomic E-state index is 11.5. The second-order valence-electron chi connectivity index (χ2n) is 4.79. The highest BCUT2D eigenvalue weighted by atomic mass is 35.5. The summed E-state index contributed by atoms with van der Waals surface area (Å²) in [5.41, 5.74) is 0.726. The molecule has 0 aliphatic carbocycles. The average molecular weight is 354 g/mol. The van der Waals surface area contributed by atoms with Crippen molar-refractivity contribution in [2.75, 3.05) is 18.5 Å². The predicted octanol–water partition coefficient (Wildman–Crippen LogP) is 2.95. The number of carboxylic acids is 1. The van der Waals surface area contributed by atoms with Gasteiger partial charge in [-0.25, -0.2) is 4.79 Å². The fraction of sp³-hybridized carbons (Fsp3) is 0.188. The van der Waals surface area contributed by atoms with Crippen molar-refractivity contribution < 1.29 is 20.1 Å². The Morgan fingerprint density at radius 3 is 2.52 bits per heavy atom. The van der Waals surface area contributed by atoms with Crippen LogP contribution in [0.2, 0.25) is 5.02 Å². The summed E-state index contributed by atoms with van der Waals surface area (Å²) < 4.78 is 0. The van der Waals surface area contributed by atoms with Crippen molar-refractivity contribution in [3.63, 3.8) is 0 Å². The zero-order valence-corrected chi connectivity index (χ0v) is 13.6. The van der Waals surface area contributed by atoms with Crippen LogP contribution in [0.4, 0.5) is 5.69 Å². The van der Waals surface area contributed by atoms with Gasteiger partial charge in [-0.2, -0.15) is 0 Å². The number of anilines is 1. The van der Waals surface area contributed by atoms with Crippen LogP contribution >= 0.6 is 23.4 Å². The molecule has 0 fully saturated rings. The van der Waals surface area contributed by atoms with Crippen molar-refractivity contribution in [2.24, 2.45) is 0 Å². The number of hydrogen-bond acceptors (Lipinski definition) is 5. The molecule has 2 aromatic carbocycles. The Kier molecular flexibility index (Phi) is 6.29. The number of aliphatic hydroxyl groups is 2. The SMILES string of the molecule is O=C(O)c1cc(NCC(O)CO)ccc1Sc1ccc(Cl)cc1. The molecule has 0 radical (unpaired) electrons. The van der Waals surface area contributed by atoms with Gasteiger partial charge in [-0.3, -0.25) is 0 Å². The number of rotatable bonds is 7. The van der Waals surface area contributed by atoms with E-state index in [1.165, 1.54) is 17.8 Å². The number of aliphatic hydroxyl groups excluding tert-OH is 2. The lowest BCUT2D eigenvalue weighted by atomic mass is 10.2. The lowest BCUT2D eigenvalue weighted by Crippen LogP contribution is -2.23. The summed E-state index contributed by atoms with van der Waals surface area (Å²) in [6, 6.07) is 12.1. The molecule has 0 aliphatic rings. The number of halogens is 1. The van der Waals surface area contributed by atoms with Gasteiger partial charge in [-0.1, -0.05) is 23.4 Å². The van der Waals surface area contributed by atoms with Crippen LogP contribution in [-0.2, 0) is 0 Å². The summed E-state index contributed by atoms with van der Waals surface area (Å²) >= 11 is 7.17. The molecule has 0 spiro atoms. The van der Waals surface area contributed by atoms with E-state index in [0.717, 1.165) is 4.90 Å². The molecule has 5 nitrogen and oxygen atoms in total. The maximum Gasteiger partial charge on any atom is 0.336 e. The third-order valence-electron chi connectivity index (χ3n) is 3.00. The standard InChI is InChI=1S/C16H16ClNO4S/c17-10-1-4-13(5-2-10)23-15-6-3-11(7-14(15)16(21)22)18-8-12(20)9-19/h1-7,12,18-20H,8-9H2,(H,21,22). The fourth-order valence-corrected chi connectivity index (χ4v) is 2.87. The van der Waals surface area contributed by atoms with E-state index in [1.54, 1.807) is 24.3 Å². The fourth-order valence-electron chi connectivity index (χ4n) is 1.83. The van der Waals surface area contributed by atoms with Gasteiger partial charge in [0.25, 0.3) is 0 Å². The Labute approximate surface area is 142 Å². The second-order valence-corrected chi connectivity index (χ2v) is 6.34. The lowest BCUT2D eigenvalue weighted by molar-refractivity contribution is 0.0693. The van der Waals surface area contributed by atoms with Crippen LogP contribution in [0.3, 0.4) is 0 Å². The van der Waals surface area contributed by atoms with Crippen molar-refractivity contribution >= 4 is 35.0 Å². The molecule has 0 amide bonds. The zero-order chi connectivity index (χ0) is 16.8. The molecule has 0 heterocycles. The number of carbonyl (C=O) groups is 1. The van der Waals surface area contributed by atoms with E-state index in [9.17, 15) is 15.0 Å². The molecule has 1 unspecified atom stereocenters. The van der Waals surface area contributed by atoms with E-state index < -0.39 is 12.1 Å². The number of hydrogen-bond donors (Lipinski definition) is 4. The normalized spacial score (nSPS) is 12.0. The van der Waals surface area contributed by atoms with Crippen LogP contribution in [0.25, 0.3) is 0 Å². The molecule has 7 heteroatoms. The topological polar surface area (TPSA) is 89.8 Å². The maximum absolute atomic E-state index is 11.5. The van der Waals surface area contributed by atoms with E-state index >= 15 is 0 Å². The molecule has 0 aromatic heterocycles. The minimum Gasteiger partial charge on any atom is -0.478 e. The van der Waals surface area contributed by atoms with Crippen LogP contribution < -0.4 is 5.32 Å². The first-order valence-electron chi connectivity index (χ1n) is 6.83. The molecule has 0 saturated heterocycles. The van der Waals surface area contributed by atoms with Crippen LogP contribution in [0.1, 0.15) is 10.4 Å². The van der Waals surface area contributed by atoms with E-state index in [2.05, 4.69) is 5.32 Å². The second kappa shape index (κ2) is 8.21. The van der Waals surface area contributed by atoms with Gasteiger partial charge in [0, 0.05) is 27.0 Å². The third-order valence-corrected chi connectivity index (χ3v) is 4.34. The van der Waals surface area contributed by atoms with Crippen molar-refractivity contribution in [3.05, 3.63) is 53.1 Å². The first-order chi connectivity index (χ1) is 11.0. The van der Waals surface area contributed by atoms with Gasteiger partial charge in [-0.15, -0.1) is 0 Å². The highest BCUT2D eigenvalue weighted by molar-refractivity contribution is 7.99. The quantitative estimate of drug-likeness (QED) is 0.612. The number of nitrogens with one attached hydrogen (secondary N) is 1. The summed E-state index contributed by atoms with van der Waals surface area (Å²) in [6.07, 6.45) is -0.897. The van der Waals surface area contributed by atoms with Gasteiger partial charge in [-0.05, 0) is 42.5 Å². The Morgan fingerprint density at radius 2 is 1.91 bits per heavy atom. The van der Waals surface area contributed by atoms with Crippen LogP contribution in [0.5, 0.6) is 0 Å². The molecule has 1 atom stereocenters. The van der Waals surface area contributed by atoms with Crippen LogP contribution in [0.15, 0.2) is 52.3 Å². The Morgan fingerprint density at radius 1 is 1.22 bits per heavy atom. The van der Waals surface area contributed by atoms with E-state index in [-0.39, 0.29) is 18.7 Å². The Hall–Kier alpha value is -1.73. The summed E-state index contributed by atoms with van der Waals surface area (Å²) in [6.45, 7) is -0.220. The van der Waals surface area contributed by atoms with Gasteiger partial charge in [0.1, 0.15) is 0 Å². The number of carboxylic acid groups (broad SMARTS) is 1. The average Bonchev–Trinajstić information content (AvgIpc) is 2.55. The van der Waals surface area contributed by atoms with Gasteiger partial charge >= 0.3 is 5.97 Å². The van der Waals surface area contributed by atoms with Crippen molar-refractivity contribution in [1.82, 2.24) is 0 Å². The van der Waals surface area contributed by atoms with Crippen molar-refractivity contribution in [1.29, 1.82) is 0 Å². The number of aromatic carboxylic acids is 1. The minimum absolute atomic E-state index is 0.138. The summed E-state index contributed by atoms with van der Waals surface area (Å²) in [5.74, 6) is -1.03. The van der Waals surface area contributed by atoms with Gasteiger partial charge < -0.3 is 20.6 Å². The summed E-state index contributed by atoms with van der Waals surface area (Å²) in [7, 11) is 0. The minimum atomic E-state index is -1.03. The molecule has 4 N–H and O–H groups in total. The van der Waals surface area contributed by atoms with Crippen molar-refractivity contribution in [3.8, 4) is 0 Å². The number of benzene rings is 2. The Balaban J connectivity index is 2.19. The van der Waals surface area contributed by atoms with E-state index in [1.807, 2.05) is 12.1 Å².